The largest absolute Gasteiger partial charge is 0.313 e. The zero-order valence-electron chi connectivity index (χ0n) is 13.2. The normalized spacial score (nSPS) is 30.9. The molecule has 1 N–H and O–H groups in total. The van der Waals surface area contributed by atoms with E-state index in [0.717, 1.165) is 24.5 Å². The molecule has 2 unspecified atom stereocenters. The van der Waals surface area contributed by atoms with Crippen molar-refractivity contribution < 1.29 is 0 Å². The summed E-state index contributed by atoms with van der Waals surface area (Å²) < 4.78 is 0. The molecule has 0 spiro atoms. The maximum absolute atomic E-state index is 3.71. The van der Waals surface area contributed by atoms with Gasteiger partial charge in [-0.2, -0.15) is 0 Å². The summed E-state index contributed by atoms with van der Waals surface area (Å²) >= 11 is 0. The van der Waals surface area contributed by atoms with E-state index in [1.165, 1.54) is 58.2 Å². The number of piperidine rings is 1. The van der Waals surface area contributed by atoms with Gasteiger partial charge in [0.25, 0.3) is 0 Å². The second-order valence-electron chi connectivity index (χ2n) is 6.70. The lowest BCUT2D eigenvalue weighted by Gasteiger charge is -2.41. The van der Waals surface area contributed by atoms with Crippen LogP contribution in [0.15, 0.2) is 0 Å². The van der Waals surface area contributed by atoms with Crippen molar-refractivity contribution in [1.82, 2.24) is 15.1 Å². The Morgan fingerprint density at radius 2 is 1.79 bits per heavy atom. The first-order valence-electron chi connectivity index (χ1n) is 8.33. The molecule has 0 radical (unpaired) electrons. The van der Waals surface area contributed by atoms with Gasteiger partial charge in [0, 0.05) is 18.6 Å². The molecule has 0 aromatic rings. The van der Waals surface area contributed by atoms with Gasteiger partial charge in [-0.1, -0.05) is 19.8 Å². The van der Waals surface area contributed by atoms with Crippen molar-refractivity contribution in [2.75, 3.05) is 40.3 Å². The fourth-order valence-corrected chi connectivity index (χ4v) is 3.93. The van der Waals surface area contributed by atoms with Crippen molar-refractivity contribution in [2.24, 2.45) is 5.92 Å². The van der Waals surface area contributed by atoms with Crippen LogP contribution in [0.1, 0.15) is 45.4 Å². The van der Waals surface area contributed by atoms with Crippen LogP contribution in [0.25, 0.3) is 0 Å². The Kier molecular flexibility index (Phi) is 6.11. The molecule has 2 rings (SSSR count). The van der Waals surface area contributed by atoms with Crippen molar-refractivity contribution in [2.45, 2.75) is 57.5 Å². The van der Waals surface area contributed by atoms with Gasteiger partial charge < -0.3 is 15.1 Å². The summed E-state index contributed by atoms with van der Waals surface area (Å²) in [6.07, 6.45) is 8.37. The van der Waals surface area contributed by atoms with E-state index in [1.807, 2.05) is 0 Å². The lowest BCUT2D eigenvalue weighted by molar-refractivity contribution is 0.109. The van der Waals surface area contributed by atoms with Crippen molar-refractivity contribution in [3.05, 3.63) is 0 Å². The average Bonchev–Trinajstić information content (AvgIpc) is 2.42. The Labute approximate surface area is 119 Å². The zero-order valence-corrected chi connectivity index (χ0v) is 13.2. The summed E-state index contributed by atoms with van der Waals surface area (Å²) in [6, 6.07) is 1.50. The number of likely N-dealkylation sites (N-methyl/N-ethyl adjacent to an activating group) is 2. The van der Waals surface area contributed by atoms with E-state index in [4.69, 9.17) is 0 Å². The Bertz CT molecular complexity index is 246. The maximum Gasteiger partial charge on any atom is 0.0246 e. The molecule has 19 heavy (non-hydrogen) atoms. The molecule has 1 aliphatic carbocycles. The monoisotopic (exact) mass is 267 g/mol. The smallest absolute Gasteiger partial charge is 0.0246 e. The molecule has 1 heterocycles. The number of rotatable bonds is 5. The highest BCUT2D eigenvalue weighted by Gasteiger charge is 2.29. The number of hydrogen-bond acceptors (Lipinski definition) is 3. The van der Waals surface area contributed by atoms with Crippen LogP contribution in [-0.4, -0.2) is 62.2 Å². The van der Waals surface area contributed by atoms with Crippen LogP contribution in [0.2, 0.25) is 0 Å². The first kappa shape index (κ1) is 15.3. The highest BCUT2D eigenvalue weighted by molar-refractivity contribution is 4.88. The third-order valence-corrected chi connectivity index (χ3v) is 5.15. The molecule has 112 valence electrons. The van der Waals surface area contributed by atoms with Crippen LogP contribution < -0.4 is 5.32 Å². The van der Waals surface area contributed by atoms with Crippen LogP contribution in [-0.2, 0) is 0 Å². The van der Waals surface area contributed by atoms with Crippen molar-refractivity contribution in [1.29, 1.82) is 0 Å². The minimum atomic E-state index is 0.731. The minimum Gasteiger partial charge on any atom is -0.313 e. The van der Waals surface area contributed by atoms with Gasteiger partial charge in [0.1, 0.15) is 0 Å². The average molecular weight is 267 g/mol. The fraction of sp³-hybridized carbons (Fsp3) is 1.00. The van der Waals surface area contributed by atoms with Crippen LogP contribution in [0.5, 0.6) is 0 Å². The predicted octanol–water partition coefficient (Wildman–Crippen LogP) is 2.18. The second kappa shape index (κ2) is 7.61. The topological polar surface area (TPSA) is 18.5 Å². The molecule has 3 nitrogen and oxygen atoms in total. The molecule has 0 amide bonds. The SMILES string of the molecule is CCNC1CCCCC1N(C)CC1CCN(C)CC1. The molecule has 1 saturated carbocycles. The van der Waals surface area contributed by atoms with Gasteiger partial charge in [0.15, 0.2) is 0 Å². The molecule has 1 aliphatic heterocycles. The standard InChI is InChI=1S/C16H33N3/c1-4-17-15-7-5-6-8-16(15)19(3)13-14-9-11-18(2)12-10-14/h14-17H,4-13H2,1-3H3. The van der Waals surface area contributed by atoms with E-state index in [9.17, 15) is 0 Å². The fourth-order valence-electron chi connectivity index (χ4n) is 3.93. The Hall–Kier alpha value is -0.120. The van der Waals surface area contributed by atoms with Crippen molar-refractivity contribution in [3.8, 4) is 0 Å². The quantitative estimate of drug-likeness (QED) is 0.824. The molecular weight excluding hydrogens is 234 g/mol. The number of likely N-dealkylation sites (tertiary alicyclic amines) is 1. The van der Waals surface area contributed by atoms with Crippen molar-refractivity contribution in [3.63, 3.8) is 0 Å². The minimum absolute atomic E-state index is 0.731. The molecule has 1 saturated heterocycles. The summed E-state index contributed by atoms with van der Waals surface area (Å²) in [7, 11) is 4.61. The zero-order chi connectivity index (χ0) is 13.7. The van der Waals surface area contributed by atoms with E-state index in [1.54, 1.807) is 0 Å². The van der Waals surface area contributed by atoms with Gasteiger partial charge in [-0.25, -0.2) is 0 Å². The van der Waals surface area contributed by atoms with Crippen molar-refractivity contribution >= 4 is 0 Å². The molecule has 2 atom stereocenters. The lowest BCUT2D eigenvalue weighted by atomic mass is 9.88. The third kappa shape index (κ3) is 4.44. The van der Waals surface area contributed by atoms with E-state index in [2.05, 4.69) is 36.1 Å². The third-order valence-electron chi connectivity index (χ3n) is 5.15. The molecular formula is C16H33N3. The van der Waals surface area contributed by atoms with Gasteiger partial charge in [0.2, 0.25) is 0 Å². The van der Waals surface area contributed by atoms with E-state index in [-0.39, 0.29) is 0 Å². The lowest BCUT2D eigenvalue weighted by Crippen LogP contribution is -2.52. The first-order valence-corrected chi connectivity index (χ1v) is 8.33. The Balaban J connectivity index is 1.81. The highest BCUT2D eigenvalue weighted by Crippen LogP contribution is 2.25. The molecule has 0 aromatic heterocycles. The van der Waals surface area contributed by atoms with Crippen LogP contribution in [0.3, 0.4) is 0 Å². The van der Waals surface area contributed by atoms with Gasteiger partial charge in [-0.15, -0.1) is 0 Å². The summed E-state index contributed by atoms with van der Waals surface area (Å²) in [4.78, 5) is 5.14. The predicted molar refractivity (Wildman–Crippen MR) is 82.6 cm³/mol. The highest BCUT2D eigenvalue weighted by atomic mass is 15.2. The maximum atomic E-state index is 3.71. The van der Waals surface area contributed by atoms with Gasteiger partial charge in [-0.05, 0) is 65.3 Å². The molecule has 0 bridgehead atoms. The molecule has 0 aromatic carbocycles. The van der Waals surface area contributed by atoms with Crippen LogP contribution in [0, 0.1) is 5.92 Å². The van der Waals surface area contributed by atoms with Gasteiger partial charge in [-0.3, -0.25) is 0 Å². The summed E-state index contributed by atoms with van der Waals surface area (Å²) in [5, 5.41) is 3.71. The molecule has 3 heteroatoms. The number of hydrogen-bond donors (Lipinski definition) is 1. The molecule has 2 aliphatic rings. The van der Waals surface area contributed by atoms with Gasteiger partial charge in [0.05, 0.1) is 0 Å². The van der Waals surface area contributed by atoms with E-state index < -0.39 is 0 Å². The number of nitrogens with one attached hydrogen (secondary N) is 1. The van der Waals surface area contributed by atoms with Crippen LogP contribution in [0.4, 0.5) is 0 Å². The summed E-state index contributed by atoms with van der Waals surface area (Å²) in [5.74, 6) is 0.922. The van der Waals surface area contributed by atoms with Gasteiger partial charge >= 0.3 is 0 Å². The Morgan fingerprint density at radius 1 is 1.11 bits per heavy atom. The summed E-state index contributed by atoms with van der Waals surface area (Å²) in [5.41, 5.74) is 0. The molecule has 2 fully saturated rings. The summed E-state index contributed by atoms with van der Waals surface area (Å²) in [6.45, 7) is 7.24. The Morgan fingerprint density at radius 3 is 2.47 bits per heavy atom. The van der Waals surface area contributed by atoms with Crippen LogP contribution >= 0.6 is 0 Å². The second-order valence-corrected chi connectivity index (χ2v) is 6.70. The van der Waals surface area contributed by atoms with E-state index >= 15 is 0 Å². The number of nitrogens with zero attached hydrogens (tertiary/aromatic N) is 2. The van der Waals surface area contributed by atoms with E-state index in [0.29, 0.717) is 0 Å². The first-order chi connectivity index (χ1) is 9.20.